The number of pyridine rings is 1. The lowest BCUT2D eigenvalue weighted by molar-refractivity contribution is -0.132. The Morgan fingerprint density at radius 1 is 1.29 bits per heavy atom. The largest absolute Gasteiger partial charge is 0.350 e. The topological polar surface area (TPSA) is 93.0 Å². The first kappa shape index (κ1) is 20.0. The Morgan fingerprint density at radius 2 is 2.07 bits per heavy atom. The highest BCUT2D eigenvalue weighted by Gasteiger charge is 2.25. The summed E-state index contributed by atoms with van der Waals surface area (Å²) in [6, 6.07) is 4.05. The standard InChI is InChI=1S/C20H28N6O2/c1-15(2)12-22-20(28)18-14-26(24-23-18)17-7-10-25(11-8-17)19(27)6-5-16-4-3-9-21-13-16/h3-4,9,13-15,17H,5-8,10-12H2,1-2H3,(H,22,28). The molecule has 0 aliphatic carbocycles. The van der Waals surface area contributed by atoms with E-state index in [1.165, 1.54) is 0 Å². The number of hydrogen-bond acceptors (Lipinski definition) is 5. The first-order valence-corrected chi connectivity index (χ1v) is 9.89. The summed E-state index contributed by atoms with van der Waals surface area (Å²) < 4.78 is 1.77. The molecule has 1 saturated heterocycles. The monoisotopic (exact) mass is 384 g/mol. The van der Waals surface area contributed by atoms with Crippen LogP contribution in [0.4, 0.5) is 0 Å². The summed E-state index contributed by atoms with van der Waals surface area (Å²) in [5.74, 6) is 0.372. The van der Waals surface area contributed by atoms with Gasteiger partial charge in [0.25, 0.3) is 5.91 Å². The van der Waals surface area contributed by atoms with Gasteiger partial charge in [0.15, 0.2) is 5.69 Å². The average molecular weight is 384 g/mol. The van der Waals surface area contributed by atoms with Crippen LogP contribution >= 0.6 is 0 Å². The van der Waals surface area contributed by atoms with Crippen LogP contribution in [0.5, 0.6) is 0 Å². The smallest absolute Gasteiger partial charge is 0.273 e. The predicted molar refractivity (Wildman–Crippen MR) is 105 cm³/mol. The number of carbonyl (C=O) groups is 2. The van der Waals surface area contributed by atoms with E-state index in [9.17, 15) is 9.59 Å². The van der Waals surface area contributed by atoms with Crippen molar-refractivity contribution in [3.05, 3.63) is 42.0 Å². The van der Waals surface area contributed by atoms with Crippen molar-refractivity contribution >= 4 is 11.8 Å². The van der Waals surface area contributed by atoms with E-state index in [4.69, 9.17) is 0 Å². The molecule has 0 aromatic carbocycles. The van der Waals surface area contributed by atoms with Crippen LogP contribution < -0.4 is 5.32 Å². The van der Waals surface area contributed by atoms with E-state index in [0.717, 1.165) is 18.4 Å². The van der Waals surface area contributed by atoms with Gasteiger partial charge >= 0.3 is 0 Å². The van der Waals surface area contributed by atoms with Crippen LogP contribution in [-0.4, -0.2) is 56.3 Å². The van der Waals surface area contributed by atoms with Crippen LogP contribution in [-0.2, 0) is 11.2 Å². The first-order valence-electron chi connectivity index (χ1n) is 9.89. The SMILES string of the molecule is CC(C)CNC(=O)c1cn(C2CCN(C(=O)CCc3cccnc3)CC2)nn1. The predicted octanol–water partition coefficient (Wildman–Crippen LogP) is 1.86. The number of nitrogens with one attached hydrogen (secondary N) is 1. The fourth-order valence-corrected chi connectivity index (χ4v) is 3.28. The van der Waals surface area contributed by atoms with Crippen LogP contribution in [0.3, 0.4) is 0 Å². The number of aromatic nitrogens is 4. The fourth-order valence-electron chi connectivity index (χ4n) is 3.28. The highest BCUT2D eigenvalue weighted by molar-refractivity contribution is 5.91. The number of nitrogens with zero attached hydrogens (tertiary/aromatic N) is 5. The van der Waals surface area contributed by atoms with Crippen molar-refractivity contribution in [2.75, 3.05) is 19.6 Å². The van der Waals surface area contributed by atoms with Gasteiger partial charge in [-0.1, -0.05) is 25.1 Å². The lowest BCUT2D eigenvalue weighted by Gasteiger charge is -2.32. The second-order valence-corrected chi connectivity index (χ2v) is 7.66. The van der Waals surface area contributed by atoms with Crippen molar-refractivity contribution in [3.8, 4) is 0 Å². The van der Waals surface area contributed by atoms with Gasteiger partial charge in [0.1, 0.15) is 0 Å². The highest BCUT2D eigenvalue weighted by atomic mass is 16.2. The minimum absolute atomic E-state index is 0.168. The van der Waals surface area contributed by atoms with Gasteiger partial charge in [-0.2, -0.15) is 0 Å². The number of amides is 2. The number of hydrogen-bond donors (Lipinski definition) is 1. The Labute approximate surface area is 165 Å². The summed E-state index contributed by atoms with van der Waals surface area (Å²) in [5, 5.41) is 11.0. The molecule has 2 amide bonds. The summed E-state index contributed by atoms with van der Waals surface area (Å²) >= 11 is 0. The molecule has 1 aliphatic rings. The van der Waals surface area contributed by atoms with E-state index in [2.05, 4.69) is 20.6 Å². The molecule has 1 fully saturated rings. The van der Waals surface area contributed by atoms with Crippen molar-refractivity contribution in [1.29, 1.82) is 0 Å². The van der Waals surface area contributed by atoms with E-state index in [0.29, 0.717) is 44.1 Å². The third-order valence-electron chi connectivity index (χ3n) is 4.96. The van der Waals surface area contributed by atoms with Gasteiger partial charge in [-0.25, -0.2) is 4.68 Å². The maximum atomic E-state index is 12.5. The van der Waals surface area contributed by atoms with Crippen molar-refractivity contribution in [1.82, 2.24) is 30.2 Å². The van der Waals surface area contributed by atoms with Gasteiger partial charge in [0.2, 0.25) is 5.91 Å². The minimum Gasteiger partial charge on any atom is -0.350 e. The zero-order valence-corrected chi connectivity index (χ0v) is 16.5. The van der Waals surface area contributed by atoms with E-state index >= 15 is 0 Å². The molecular weight excluding hydrogens is 356 g/mol. The zero-order chi connectivity index (χ0) is 19.9. The molecule has 3 heterocycles. The van der Waals surface area contributed by atoms with E-state index in [1.54, 1.807) is 23.3 Å². The Balaban J connectivity index is 1.46. The number of carbonyl (C=O) groups excluding carboxylic acids is 2. The normalized spacial score (nSPS) is 15.0. The van der Waals surface area contributed by atoms with E-state index < -0.39 is 0 Å². The summed E-state index contributed by atoms with van der Waals surface area (Å²) in [4.78, 5) is 30.5. The van der Waals surface area contributed by atoms with Gasteiger partial charge in [-0.05, 0) is 36.8 Å². The fraction of sp³-hybridized carbons (Fsp3) is 0.550. The molecule has 1 N–H and O–H groups in total. The molecular formula is C20H28N6O2. The van der Waals surface area contributed by atoms with Crippen molar-refractivity contribution in [3.63, 3.8) is 0 Å². The molecule has 8 heteroatoms. The molecule has 2 aromatic heterocycles. The highest BCUT2D eigenvalue weighted by Crippen LogP contribution is 2.22. The number of likely N-dealkylation sites (tertiary alicyclic amines) is 1. The third-order valence-corrected chi connectivity index (χ3v) is 4.96. The Morgan fingerprint density at radius 3 is 2.75 bits per heavy atom. The van der Waals surface area contributed by atoms with Gasteiger partial charge in [0, 0.05) is 38.4 Å². The van der Waals surface area contributed by atoms with Gasteiger partial charge in [0.05, 0.1) is 12.2 Å². The van der Waals surface area contributed by atoms with Crippen LogP contribution in [0.2, 0.25) is 0 Å². The van der Waals surface area contributed by atoms with Gasteiger partial charge in [-0.3, -0.25) is 14.6 Å². The molecule has 0 radical (unpaired) electrons. The van der Waals surface area contributed by atoms with Crippen molar-refractivity contribution in [2.45, 2.75) is 45.6 Å². The molecule has 0 saturated carbocycles. The molecule has 0 atom stereocenters. The summed E-state index contributed by atoms with van der Waals surface area (Å²) in [7, 11) is 0. The van der Waals surface area contributed by atoms with Crippen LogP contribution in [0.1, 0.15) is 55.2 Å². The molecule has 3 rings (SSSR count). The maximum Gasteiger partial charge on any atom is 0.273 e. The zero-order valence-electron chi connectivity index (χ0n) is 16.5. The van der Waals surface area contributed by atoms with Crippen LogP contribution in [0.15, 0.2) is 30.7 Å². The molecule has 1 aliphatic heterocycles. The quantitative estimate of drug-likeness (QED) is 0.786. The number of rotatable bonds is 7. The maximum absolute atomic E-state index is 12.5. The Hall–Kier alpha value is -2.77. The lowest BCUT2D eigenvalue weighted by atomic mass is 10.0. The van der Waals surface area contributed by atoms with Crippen molar-refractivity contribution in [2.24, 2.45) is 5.92 Å². The third kappa shape index (κ3) is 5.37. The molecule has 150 valence electrons. The van der Waals surface area contributed by atoms with E-state index in [1.807, 2.05) is 30.9 Å². The van der Waals surface area contributed by atoms with Crippen molar-refractivity contribution < 1.29 is 9.59 Å². The van der Waals surface area contributed by atoms with E-state index in [-0.39, 0.29) is 17.9 Å². The minimum atomic E-state index is -0.192. The molecule has 2 aromatic rings. The van der Waals surface area contributed by atoms with Crippen LogP contribution in [0, 0.1) is 5.92 Å². The second kappa shape index (κ2) is 9.43. The van der Waals surface area contributed by atoms with Gasteiger partial charge < -0.3 is 10.2 Å². The van der Waals surface area contributed by atoms with Gasteiger partial charge in [-0.15, -0.1) is 5.10 Å². The number of piperidine rings is 1. The molecule has 0 spiro atoms. The average Bonchev–Trinajstić information content (AvgIpc) is 3.21. The second-order valence-electron chi connectivity index (χ2n) is 7.66. The van der Waals surface area contributed by atoms with Crippen LogP contribution in [0.25, 0.3) is 0 Å². The molecule has 0 bridgehead atoms. The Bertz CT molecular complexity index is 781. The molecule has 8 nitrogen and oxygen atoms in total. The number of aryl methyl sites for hydroxylation is 1. The first-order chi connectivity index (χ1) is 13.5. The molecule has 28 heavy (non-hydrogen) atoms. The summed E-state index contributed by atoms with van der Waals surface area (Å²) in [5.41, 5.74) is 1.42. The summed E-state index contributed by atoms with van der Waals surface area (Å²) in [6.07, 6.45) is 8.09. The summed E-state index contributed by atoms with van der Waals surface area (Å²) in [6.45, 7) is 6.10. The molecule has 0 unspecified atom stereocenters. The lowest BCUT2D eigenvalue weighted by Crippen LogP contribution is -2.39. The Kier molecular flexibility index (Phi) is 6.73.